The average Bonchev–Trinajstić information content (AvgIpc) is 2.19. The summed E-state index contributed by atoms with van der Waals surface area (Å²) in [6, 6.07) is 3.22. The fraction of sp³-hybridized carbons (Fsp3) is 0.300. The Morgan fingerprint density at radius 2 is 2.06 bits per heavy atom. The van der Waals surface area contributed by atoms with Crippen LogP contribution < -0.4 is 4.74 Å². The number of halogens is 4. The second-order valence-corrected chi connectivity index (χ2v) is 3.31. The average molecular weight is 253 g/mol. The van der Waals surface area contributed by atoms with E-state index in [9.17, 15) is 18.0 Å². The van der Waals surface area contributed by atoms with Crippen molar-refractivity contribution in [3.8, 4) is 5.75 Å². The lowest BCUT2D eigenvalue weighted by atomic mass is 10.1. The van der Waals surface area contributed by atoms with Crippen molar-refractivity contribution in [2.75, 3.05) is 6.61 Å². The van der Waals surface area contributed by atoms with E-state index in [2.05, 4.69) is 0 Å². The first-order valence-corrected chi connectivity index (χ1v) is 4.78. The molecule has 0 unspecified atom stereocenters. The Labute approximate surface area is 95.0 Å². The molecule has 0 fully saturated rings. The number of carbonyl (C=O) groups is 1. The highest BCUT2D eigenvalue weighted by Gasteiger charge is 2.39. The molecular formula is C10H8ClF3O2. The number of hydrogen-bond donors (Lipinski definition) is 0. The van der Waals surface area contributed by atoms with Gasteiger partial charge in [0.05, 0.1) is 11.6 Å². The second kappa shape index (κ2) is 4.74. The minimum Gasteiger partial charge on any atom is -0.492 e. The molecule has 0 atom stereocenters. The Kier molecular flexibility index (Phi) is 3.80. The molecule has 1 aromatic rings. The van der Waals surface area contributed by atoms with E-state index in [1.54, 1.807) is 6.92 Å². The molecule has 0 aliphatic carbocycles. The van der Waals surface area contributed by atoms with Crippen molar-refractivity contribution in [1.82, 2.24) is 0 Å². The summed E-state index contributed by atoms with van der Waals surface area (Å²) in [4.78, 5) is 10.9. The van der Waals surface area contributed by atoms with Crippen molar-refractivity contribution in [2.45, 2.75) is 13.1 Å². The lowest BCUT2D eigenvalue weighted by Gasteiger charge is -2.08. The van der Waals surface area contributed by atoms with Crippen LogP contribution in [0.3, 0.4) is 0 Å². The van der Waals surface area contributed by atoms with Crippen molar-refractivity contribution in [3.63, 3.8) is 0 Å². The SMILES string of the molecule is CCOc1ccc(C(=O)C(F)(F)F)cc1Cl. The predicted molar refractivity (Wildman–Crippen MR) is 53.0 cm³/mol. The molecule has 88 valence electrons. The fourth-order valence-corrected chi connectivity index (χ4v) is 1.31. The van der Waals surface area contributed by atoms with Crippen LogP contribution >= 0.6 is 11.6 Å². The summed E-state index contributed by atoms with van der Waals surface area (Å²) in [5, 5.41) is -0.0167. The molecule has 0 amide bonds. The maximum atomic E-state index is 12.1. The summed E-state index contributed by atoms with van der Waals surface area (Å²) in [5.41, 5.74) is -0.499. The third kappa shape index (κ3) is 2.88. The first-order valence-electron chi connectivity index (χ1n) is 4.40. The van der Waals surface area contributed by atoms with E-state index in [4.69, 9.17) is 16.3 Å². The number of ether oxygens (including phenoxy) is 1. The lowest BCUT2D eigenvalue weighted by Crippen LogP contribution is -2.22. The number of ketones is 1. The van der Waals surface area contributed by atoms with Crippen molar-refractivity contribution >= 4 is 17.4 Å². The van der Waals surface area contributed by atoms with Crippen LogP contribution in [-0.2, 0) is 0 Å². The first kappa shape index (κ1) is 12.8. The topological polar surface area (TPSA) is 26.3 Å². The molecule has 2 nitrogen and oxygen atoms in total. The van der Waals surface area contributed by atoms with E-state index >= 15 is 0 Å². The van der Waals surface area contributed by atoms with E-state index in [0.29, 0.717) is 6.61 Å². The molecule has 6 heteroatoms. The Morgan fingerprint density at radius 1 is 1.44 bits per heavy atom. The van der Waals surface area contributed by atoms with Crippen LogP contribution in [0.15, 0.2) is 18.2 Å². The molecule has 0 bridgehead atoms. The van der Waals surface area contributed by atoms with Crippen LogP contribution in [0.4, 0.5) is 13.2 Å². The third-order valence-corrected chi connectivity index (χ3v) is 2.05. The highest BCUT2D eigenvalue weighted by molar-refractivity contribution is 6.32. The van der Waals surface area contributed by atoms with Gasteiger partial charge in [0, 0.05) is 5.56 Å². The van der Waals surface area contributed by atoms with Crippen molar-refractivity contribution < 1.29 is 22.7 Å². The van der Waals surface area contributed by atoms with Crippen LogP contribution in [0.5, 0.6) is 5.75 Å². The fourth-order valence-electron chi connectivity index (χ4n) is 1.08. The zero-order chi connectivity index (χ0) is 12.3. The van der Waals surface area contributed by atoms with E-state index in [-0.39, 0.29) is 10.8 Å². The van der Waals surface area contributed by atoms with Gasteiger partial charge in [0.1, 0.15) is 5.75 Å². The van der Waals surface area contributed by atoms with Gasteiger partial charge >= 0.3 is 6.18 Å². The minimum absolute atomic E-state index is 0.0167. The molecule has 0 heterocycles. The quantitative estimate of drug-likeness (QED) is 0.770. The summed E-state index contributed by atoms with van der Waals surface area (Å²) in [7, 11) is 0. The van der Waals surface area contributed by atoms with E-state index < -0.39 is 17.5 Å². The maximum Gasteiger partial charge on any atom is 0.454 e. The smallest absolute Gasteiger partial charge is 0.454 e. The Hall–Kier alpha value is -1.23. The van der Waals surface area contributed by atoms with Crippen molar-refractivity contribution in [1.29, 1.82) is 0 Å². The second-order valence-electron chi connectivity index (χ2n) is 2.91. The van der Waals surface area contributed by atoms with Crippen LogP contribution in [0.25, 0.3) is 0 Å². The van der Waals surface area contributed by atoms with Crippen LogP contribution in [-0.4, -0.2) is 18.6 Å². The molecule has 1 aromatic carbocycles. The van der Waals surface area contributed by atoms with E-state index in [1.807, 2.05) is 0 Å². The van der Waals surface area contributed by atoms with Gasteiger partial charge in [0.15, 0.2) is 0 Å². The number of Topliss-reactive ketones (excluding diaryl/α,β-unsaturated/α-hetero) is 1. The van der Waals surface area contributed by atoms with Crippen molar-refractivity contribution in [3.05, 3.63) is 28.8 Å². The predicted octanol–water partition coefficient (Wildman–Crippen LogP) is 3.48. The summed E-state index contributed by atoms with van der Waals surface area (Å²) in [6.07, 6.45) is -4.89. The monoisotopic (exact) mass is 252 g/mol. The number of rotatable bonds is 3. The van der Waals surface area contributed by atoms with Crippen LogP contribution in [0.1, 0.15) is 17.3 Å². The summed E-state index contributed by atoms with van der Waals surface area (Å²) < 4.78 is 41.3. The molecule has 0 spiro atoms. The Balaban J connectivity index is 3.02. The highest BCUT2D eigenvalue weighted by atomic mass is 35.5. The van der Waals surface area contributed by atoms with Crippen LogP contribution in [0.2, 0.25) is 5.02 Å². The molecule has 0 aliphatic rings. The number of carbonyl (C=O) groups excluding carboxylic acids is 1. The molecule has 0 saturated carbocycles. The number of alkyl halides is 3. The molecule has 1 rings (SSSR count). The van der Waals surface area contributed by atoms with Gasteiger partial charge in [-0.3, -0.25) is 4.79 Å². The summed E-state index contributed by atoms with van der Waals surface area (Å²) >= 11 is 5.66. The molecular weight excluding hydrogens is 245 g/mol. The largest absolute Gasteiger partial charge is 0.492 e. The van der Waals surface area contributed by atoms with E-state index in [1.165, 1.54) is 6.07 Å². The normalized spacial score (nSPS) is 11.3. The molecule has 0 aliphatic heterocycles. The Morgan fingerprint density at radius 3 is 2.50 bits per heavy atom. The van der Waals surface area contributed by atoms with Gasteiger partial charge in [-0.1, -0.05) is 11.6 Å². The van der Waals surface area contributed by atoms with Gasteiger partial charge in [-0.2, -0.15) is 13.2 Å². The molecule has 0 aromatic heterocycles. The Bertz CT molecular complexity index is 402. The van der Waals surface area contributed by atoms with E-state index in [0.717, 1.165) is 12.1 Å². The summed E-state index contributed by atoms with van der Waals surface area (Å²) in [5.74, 6) is -1.67. The van der Waals surface area contributed by atoms with Gasteiger partial charge in [-0.15, -0.1) is 0 Å². The molecule has 16 heavy (non-hydrogen) atoms. The van der Waals surface area contributed by atoms with Gasteiger partial charge in [0.2, 0.25) is 0 Å². The lowest BCUT2D eigenvalue weighted by molar-refractivity contribution is -0.0885. The molecule has 0 N–H and O–H groups in total. The van der Waals surface area contributed by atoms with Gasteiger partial charge in [-0.25, -0.2) is 0 Å². The molecule has 0 radical (unpaired) electrons. The first-order chi connectivity index (χ1) is 7.36. The van der Waals surface area contributed by atoms with Crippen molar-refractivity contribution in [2.24, 2.45) is 0 Å². The van der Waals surface area contributed by atoms with Crippen LogP contribution in [0, 0.1) is 0 Å². The third-order valence-electron chi connectivity index (χ3n) is 1.75. The van der Waals surface area contributed by atoms with Gasteiger partial charge in [-0.05, 0) is 25.1 Å². The van der Waals surface area contributed by atoms with Gasteiger partial charge in [0.25, 0.3) is 5.78 Å². The maximum absolute atomic E-state index is 12.1. The zero-order valence-corrected chi connectivity index (χ0v) is 9.02. The standard InChI is InChI=1S/C10H8ClF3O2/c1-2-16-8-4-3-6(5-7(8)11)9(15)10(12,13)14/h3-5H,2H2,1H3. The zero-order valence-electron chi connectivity index (χ0n) is 8.27. The highest BCUT2D eigenvalue weighted by Crippen LogP contribution is 2.28. The number of benzene rings is 1. The van der Waals surface area contributed by atoms with Gasteiger partial charge < -0.3 is 4.74 Å². The minimum atomic E-state index is -4.89. The molecule has 0 saturated heterocycles. The summed E-state index contributed by atoms with van der Waals surface area (Å²) in [6.45, 7) is 2.05. The number of hydrogen-bond acceptors (Lipinski definition) is 2.